The molecule has 0 aliphatic heterocycles. The van der Waals surface area contributed by atoms with Crippen molar-refractivity contribution >= 4 is 44.0 Å². The summed E-state index contributed by atoms with van der Waals surface area (Å²) in [4.78, 5) is 11.3. The SMILES string of the molecule is CCC[CH2][Sn]([CH2]CCC)([CH2]CCC)[CH2]/C(C)=C\CC(C/C=C\COC(C)=O)(S(=O)(=O)c1ccccc1)S(=O)(=O)c1ccccc1. The molecule has 2 aromatic rings. The molecule has 0 aromatic heterocycles. The summed E-state index contributed by atoms with van der Waals surface area (Å²) in [7, 11) is -8.86. The van der Waals surface area contributed by atoms with E-state index >= 15 is 0 Å². The topological polar surface area (TPSA) is 94.6 Å². The zero-order valence-electron chi connectivity index (χ0n) is 28.0. The van der Waals surface area contributed by atoms with Gasteiger partial charge in [0.05, 0.1) is 0 Å². The van der Waals surface area contributed by atoms with Gasteiger partial charge in [0.1, 0.15) is 0 Å². The zero-order chi connectivity index (χ0) is 33.4. The number of carbonyl (C=O) groups excluding carboxylic acids is 1. The number of ether oxygens (including phenoxy) is 1. The zero-order valence-corrected chi connectivity index (χ0v) is 32.5. The Morgan fingerprint density at radius 1 is 0.711 bits per heavy atom. The molecule has 0 spiro atoms. The third-order valence-corrected chi connectivity index (χ3v) is 30.2. The molecular weight excluding hydrogens is 711 g/mol. The van der Waals surface area contributed by atoms with Crippen molar-refractivity contribution in [1.82, 2.24) is 0 Å². The molecule has 0 aliphatic carbocycles. The summed E-state index contributed by atoms with van der Waals surface area (Å²) < 4.78 is 66.4. The van der Waals surface area contributed by atoms with Crippen LogP contribution in [0, 0.1) is 0 Å². The van der Waals surface area contributed by atoms with Crippen LogP contribution in [0.3, 0.4) is 0 Å². The number of rotatable bonds is 21. The van der Waals surface area contributed by atoms with Crippen molar-refractivity contribution in [3.8, 4) is 0 Å². The van der Waals surface area contributed by atoms with Gasteiger partial charge in [-0.25, -0.2) is 0 Å². The van der Waals surface area contributed by atoms with Gasteiger partial charge in [-0.1, -0.05) is 0 Å². The number of allylic oxidation sites excluding steroid dienone is 3. The molecule has 0 saturated carbocycles. The molecule has 0 bridgehead atoms. The van der Waals surface area contributed by atoms with Crippen LogP contribution in [0.4, 0.5) is 0 Å². The van der Waals surface area contributed by atoms with Gasteiger partial charge >= 0.3 is 279 Å². The Hall–Kier alpha value is -1.91. The maximum atomic E-state index is 14.7. The monoisotopic (exact) mass is 766 g/mol. The Kier molecular flexibility index (Phi) is 16.6. The van der Waals surface area contributed by atoms with Crippen molar-refractivity contribution in [2.75, 3.05) is 6.61 Å². The number of sulfone groups is 2. The fraction of sp³-hybridized carbons (Fsp3) is 0.528. The van der Waals surface area contributed by atoms with Crippen LogP contribution in [0.2, 0.25) is 17.7 Å². The second-order valence-electron chi connectivity index (χ2n) is 12.3. The summed E-state index contributed by atoms with van der Waals surface area (Å²) in [5, 5.41) is 0. The molecule has 0 heterocycles. The van der Waals surface area contributed by atoms with Crippen molar-refractivity contribution in [3.63, 3.8) is 0 Å². The fourth-order valence-electron chi connectivity index (χ4n) is 6.08. The maximum absolute atomic E-state index is 14.7. The van der Waals surface area contributed by atoms with Crippen molar-refractivity contribution in [3.05, 3.63) is 84.5 Å². The number of esters is 1. The second kappa shape index (κ2) is 19.0. The van der Waals surface area contributed by atoms with Gasteiger partial charge in [-0.2, -0.15) is 0 Å². The number of benzene rings is 2. The van der Waals surface area contributed by atoms with Gasteiger partial charge in [0.2, 0.25) is 0 Å². The van der Waals surface area contributed by atoms with Crippen molar-refractivity contribution in [2.45, 2.75) is 118 Å². The molecule has 0 radical (unpaired) electrons. The van der Waals surface area contributed by atoms with Crippen LogP contribution in [0.5, 0.6) is 0 Å². The molecule has 0 N–H and O–H groups in total. The molecule has 0 amide bonds. The van der Waals surface area contributed by atoms with E-state index in [2.05, 4.69) is 27.7 Å². The fourth-order valence-corrected chi connectivity index (χ4v) is 27.8. The van der Waals surface area contributed by atoms with Crippen LogP contribution in [0.1, 0.15) is 86.0 Å². The minimum absolute atomic E-state index is 0.0358. The Balaban J connectivity index is 2.75. The third-order valence-electron chi connectivity index (χ3n) is 8.66. The number of unbranched alkanes of at least 4 members (excludes halogenated alkanes) is 3. The average Bonchev–Trinajstić information content (AvgIpc) is 3.03. The standard InChI is InChI=1S/C24H27O6S2.3C4H9.Sn/c1-20(2)16-18-24(17-10-11-19-30-21(3)25,31(26,27)22-12-6-4-7-13-22)32(28,29)23-14-8-5-9-15-23;3*1-3-4-2;/h4-16H,1,17-19H2,2-3H3;3*1,3-4H2,2H3;/b11-10-,20-16+;;;;. The van der Waals surface area contributed by atoms with Gasteiger partial charge in [-0.15, -0.1) is 0 Å². The second-order valence-corrected chi connectivity index (χ2v) is 30.9. The van der Waals surface area contributed by atoms with Crippen LogP contribution < -0.4 is 0 Å². The van der Waals surface area contributed by atoms with E-state index in [1.54, 1.807) is 36.4 Å². The Morgan fingerprint density at radius 2 is 1.16 bits per heavy atom. The quantitative estimate of drug-likeness (QED) is 0.0715. The summed E-state index contributed by atoms with van der Waals surface area (Å²) >= 11 is -2.64. The number of hydrogen-bond donors (Lipinski definition) is 0. The molecule has 0 unspecified atom stereocenters. The van der Waals surface area contributed by atoms with E-state index < -0.39 is 48.1 Å². The van der Waals surface area contributed by atoms with Crippen molar-refractivity contribution in [1.29, 1.82) is 0 Å². The van der Waals surface area contributed by atoms with Crippen LogP contribution in [-0.4, -0.2) is 51.9 Å². The molecular formula is C36H54O6S2Sn. The summed E-state index contributed by atoms with van der Waals surface area (Å²) in [5.41, 5.74) is 1.11. The van der Waals surface area contributed by atoms with E-state index in [1.807, 2.05) is 6.08 Å². The van der Waals surface area contributed by atoms with Crippen molar-refractivity contribution in [2.24, 2.45) is 0 Å². The molecule has 9 heteroatoms. The van der Waals surface area contributed by atoms with Gasteiger partial charge < -0.3 is 0 Å². The molecule has 0 atom stereocenters. The van der Waals surface area contributed by atoms with Gasteiger partial charge in [-0.05, 0) is 0 Å². The van der Waals surface area contributed by atoms with E-state index in [1.165, 1.54) is 75.9 Å². The molecule has 2 rings (SSSR count). The summed E-state index contributed by atoms with van der Waals surface area (Å²) in [6.45, 7) is 10.0. The molecule has 0 saturated heterocycles. The Labute approximate surface area is 277 Å². The van der Waals surface area contributed by atoms with Gasteiger partial charge in [0.25, 0.3) is 0 Å². The summed E-state index contributed by atoms with van der Waals surface area (Å²) in [6, 6.07) is 15.7. The third kappa shape index (κ3) is 10.8. The predicted molar refractivity (Wildman–Crippen MR) is 188 cm³/mol. The van der Waals surface area contributed by atoms with E-state index in [4.69, 9.17) is 4.74 Å². The van der Waals surface area contributed by atoms with E-state index in [0.29, 0.717) is 0 Å². The molecule has 0 fully saturated rings. The minimum atomic E-state index is -4.43. The van der Waals surface area contributed by atoms with Crippen LogP contribution >= 0.6 is 0 Å². The van der Waals surface area contributed by atoms with E-state index in [0.717, 1.165) is 29.3 Å². The molecule has 45 heavy (non-hydrogen) atoms. The summed E-state index contributed by atoms with van der Waals surface area (Å²) in [6.07, 6.45) is 11.6. The molecule has 6 nitrogen and oxygen atoms in total. The number of hydrogen-bond acceptors (Lipinski definition) is 6. The predicted octanol–water partition coefficient (Wildman–Crippen LogP) is 9.33. The molecule has 250 valence electrons. The summed E-state index contributed by atoms with van der Waals surface area (Å²) in [5.74, 6) is -0.470. The van der Waals surface area contributed by atoms with Gasteiger partial charge in [0, 0.05) is 0 Å². The normalized spacial score (nSPS) is 13.3. The Bertz CT molecular complexity index is 1360. The first-order valence-electron chi connectivity index (χ1n) is 16.4. The van der Waals surface area contributed by atoms with Crippen LogP contribution in [0.15, 0.2) is 94.3 Å². The first kappa shape index (κ1) is 39.3. The first-order valence-corrected chi connectivity index (χ1v) is 27.5. The molecule has 2 aromatic carbocycles. The van der Waals surface area contributed by atoms with Crippen LogP contribution in [0.25, 0.3) is 0 Å². The average molecular weight is 766 g/mol. The first-order chi connectivity index (χ1) is 21.4. The van der Waals surface area contributed by atoms with Gasteiger partial charge in [-0.3, -0.25) is 0 Å². The van der Waals surface area contributed by atoms with Crippen LogP contribution in [-0.2, 0) is 29.2 Å². The van der Waals surface area contributed by atoms with Crippen molar-refractivity contribution < 1.29 is 26.4 Å². The Morgan fingerprint density at radius 3 is 1.56 bits per heavy atom. The molecule has 0 aliphatic rings. The van der Waals surface area contributed by atoms with E-state index in [9.17, 15) is 21.6 Å². The number of carbonyl (C=O) groups is 1. The van der Waals surface area contributed by atoms with E-state index in [-0.39, 0.29) is 29.2 Å². The van der Waals surface area contributed by atoms with Gasteiger partial charge in [0.15, 0.2) is 0 Å².